The Hall–Kier alpha value is -3.22. The van der Waals surface area contributed by atoms with Gasteiger partial charge in [0.05, 0.1) is 42.2 Å². The van der Waals surface area contributed by atoms with Crippen LogP contribution in [0.4, 0.5) is 5.69 Å². The number of rotatable bonds is 3. The fourth-order valence-electron chi connectivity index (χ4n) is 8.82. The van der Waals surface area contributed by atoms with E-state index in [2.05, 4.69) is 38.3 Å². The monoisotopic (exact) mass is 763 g/mol. The van der Waals surface area contributed by atoms with Crippen LogP contribution in [-0.4, -0.2) is 61.3 Å². The van der Waals surface area contributed by atoms with Crippen molar-refractivity contribution >= 4 is 50.4 Å². The highest BCUT2D eigenvalue weighted by Gasteiger charge is 2.44. The highest BCUT2D eigenvalue weighted by molar-refractivity contribution is 7.92. The Kier molecular flexibility index (Phi) is 10.0. The number of hydrogen-bond acceptors (Lipinski definition) is 8. The molecule has 4 heterocycles. The summed E-state index contributed by atoms with van der Waals surface area (Å²) in [5, 5.41) is 0.743. The van der Waals surface area contributed by atoms with Gasteiger partial charge in [-0.15, -0.1) is 15.7 Å². The molecule has 2 aliphatic carbocycles. The Labute approximate surface area is 315 Å². The van der Waals surface area contributed by atoms with Crippen LogP contribution in [0.25, 0.3) is 0 Å². The van der Waals surface area contributed by atoms with Gasteiger partial charge in [0, 0.05) is 47.5 Å². The second-order valence-electron chi connectivity index (χ2n) is 15.3. The number of nitrogens with one attached hydrogen (secondary N) is 1. The molecule has 0 unspecified atom stereocenters. The maximum Gasteiger partial charge on any atom is 0.286 e. The first-order valence-corrected chi connectivity index (χ1v) is 21.3. The number of carbonyl (C=O) groups is 2. The zero-order valence-corrected chi connectivity index (χ0v) is 32.1. The molecule has 0 radical (unpaired) electrons. The number of nitrogens with zero attached hydrogens (tertiary/aromatic N) is 2. The predicted molar refractivity (Wildman–Crippen MR) is 205 cm³/mol. The molecule has 2 bridgehead atoms. The Bertz CT molecular complexity index is 2010. The number of benzene rings is 2. The van der Waals surface area contributed by atoms with Crippen LogP contribution in [0, 0.1) is 17.8 Å². The van der Waals surface area contributed by atoms with E-state index in [1.807, 2.05) is 25.1 Å². The van der Waals surface area contributed by atoms with Crippen molar-refractivity contribution in [2.24, 2.45) is 22.1 Å². The number of aryl methyl sites for hydroxylation is 1. The average molecular weight is 764 g/mol. The van der Waals surface area contributed by atoms with Crippen molar-refractivity contribution in [2.45, 2.75) is 70.0 Å². The summed E-state index contributed by atoms with van der Waals surface area (Å²) in [5.41, 5.74) is 4.41. The largest absolute Gasteiger partial charge is 0.490 e. The maximum atomic E-state index is 14.6. The highest BCUT2D eigenvalue weighted by Crippen LogP contribution is 2.47. The molecule has 1 spiro atoms. The van der Waals surface area contributed by atoms with Gasteiger partial charge in [-0.1, -0.05) is 36.7 Å². The predicted octanol–water partition coefficient (Wildman–Crippen LogP) is 7.54. The third-order valence-corrected chi connectivity index (χ3v) is 15.1. The van der Waals surface area contributed by atoms with Gasteiger partial charge in [0.2, 0.25) is 0 Å². The molecular formula is C40H46ClN3O6S2. The van der Waals surface area contributed by atoms with E-state index in [0.717, 1.165) is 72.8 Å². The number of methoxy groups -OCH3 is 1. The first kappa shape index (κ1) is 35.8. The number of amides is 2. The van der Waals surface area contributed by atoms with Crippen molar-refractivity contribution in [3.8, 4) is 5.75 Å². The Morgan fingerprint density at radius 2 is 2.04 bits per heavy atom. The third kappa shape index (κ3) is 7.07. The molecule has 276 valence electrons. The van der Waals surface area contributed by atoms with Crippen LogP contribution in [-0.2, 0) is 44.3 Å². The minimum atomic E-state index is -3.51. The molecule has 9 nitrogen and oxygen atoms in total. The van der Waals surface area contributed by atoms with Crippen LogP contribution in [0.3, 0.4) is 0 Å². The lowest BCUT2D eigenvalue weighted by Crippen LogP contribution is -2.49. The van der Waals surface area contributed by atoms with Crippen LogP contribution < -0.4 is 14.4 Å². The Morgan fingerprint density at radius 1 is 1.15 bits per heavy atom. The summed E-state index contributed by atoms with van der Waals surface area (Å²) in [6.07, 6.45) is 10.7. The molecule has 1 aromatic heterocycles. The van der Waals surface area contributed by atoms with Gasteiger partial charge < -0.3 is 19.1 Å². The van der Waals surface area contributed by atoms with Crippen molar-refractivity contribution in [1.29, 1.82) is 0 Å². The summed E-state index contributed by atoms with van der Waals surface area (Å²) in [4.78, 5) is 31.6. The normalized spacial score (nSPS) is 30.8. The van der Waals surface area contributed by atoms with Gasteiger partial charge >= 0.3 is 0 Å². The number of hydrogen-bond donors (Lipinski definition) is 1. The first-order chi connectivity index (χ1) is 25.1. The molecule has 3 aliphatic heterocycles. The number of thiophene rings is 1. The second kappa shape index (κ2) is 14.5. The van der Waals surface area contributed by atoms with E-state index < -0.39 is 21.7 Å². The van der Waals surface area contributed by atoms with Gasteiger partial charge in [-0.2, -0.15) is 0 Å². The summed E-state index contributed by atoms with van der Waals surface area (Å²) in [5.74, 6) is 0.226. The molecule has 5 aliphatic rings. The molecule has 3 aromatic rings. The molecule has 6 atom stereocenters. The Balaban J connectivity index is 1.18. The zero-order chi connectivity index (χ0) is 36.0. The fourth-order valence-corrected chi connectivity index (χ4v) is 12.0. The van der Waals surface area contributed by atoms with Crippen molar-refractivity contribution in [3.05, 3.63) is 91.6 Å². The second-order valence-corrected chi connectivity index (χ2v) is 18.8. The van der Waals surface area contributed by atoms with Crippen LogP contribution in [0.2, 0.25) is 5.02 Å². The van der Waals surface area contributed by atoms with E-state index in [0.29, 0.717) is 54.3 Å². The van der Waals surface area contributed by atoms with E-state index in [1.165, 1.54) is 22.5 Å². The molecule has 12 heteroatoms. The van der Waals surface area contributed by atoms with Gasteiger partial charge in [0.15, 0.2) is 0 Å². The van der Waals surface area contributed by atoms with Gasteiger partial charge in [-0.3, -0.25) is 14.3 Å². The summed E-state index contributed by atoms with van der Waals surface area (Å²) in [7, 11) is -1.74. The minimum Gasteiger partial charge on any atom is -0.490 e. The lowest BCUT2D eigenvalue weighted by molar-refractivity contribution is 0.0131. The highest BCUT2D eigenvalue weighted by atomic mass is 35.5. The molecule has 52 heavy (non-hydrogen) atoms. The molecule has 0 saturated heterocycles. The van der Waals surface area contributed by atoms with Gasteiger partial charge in [0.1, 0.15) is 15.7 Å². The van der Waals surface area contributed by atoms with Gasteiger partial charge in [-0.25, -0.2) is 4.21 Å². The number of anilines is 1. The van der Waals surface area contributed by atoms with E-state index in [9.17, 15) is 13.8 Å². The van der Waals surface area contributed by atoms with E-state index in [1.54, 1.807) is 19.2 Å². The quantitative estimate of drug-likeness (QED) is 0.275. The number of allylic oxidation sites excluding steroid dienone is 1. The molecular weight excluding hydrogens is 718 g/mol. The Morgan fingerprint density at radius 3 is 2.85 bits per heavy atom. The number of halogens is 1. The molecule has 1 fully saturated rings. The standard InChI is InChI=1S/C40H46ClN3O6S2/c1-25-5-3-7-34(48-2)31-11-8-28(31)20-44-23-40(15-4-6-26-17-30(41)10-12-32(26)40)24-50-35-13-9-27(18-33(35)44)38(45)42-52(47,22-25)43-39(46)37-19-29-21-49-16-14-36(29)51-37/h3,7,9-10,12-13,17-19,25,28,31,34H,4-6,8,11,14-16,20-24H2,1-2H3,(H,42,43,45,46,47)/b7-3+/t25-,28-,31+,34-,40-,52-/m0/s1. The average Bonchev–Trinajstić information content (AvgIpc) is 3.49. The van der Waals surface area contributed by atoms with Crippen LogP contribution in [0.15, 0.2) is 59.0 Å². The summed E-state index contributed by atoms with van der Waals surface area (Å²) < 4.78 is 40.0. The SMILES string of the molecule is CO[C@H]1/C=C/C[C@H](C)C[S@@](=O)(NC(=O)c2cc3c(s2)CCOC3)=NC(=O)c2ccc3c(c2)N(C[C@@H]2CC[C@H]21)C[C@@]1(CCCc2cc(Cl)ccc21)CO3. The minimum absolute atomic E-state index is 0.0266. The van der Waals surface area contributed by atoms with Gasteiger partial charge in [0.25, 0.3) is 11.8 Å². The smallest absolute Gasteiger partial charge is 0.286 e. The maximum absolute atomic E-state index is 14.6. The van der Waals surface area contributed by atoms with Crippen molar-refractivity contribution < 1.29 is 28.0 Å². The molecule has 2 amide bonds. The van der Waals surface area contributed by atoms with Crippen LogP contribution >= 0.6 is 22.9 Å². The van der Waals surface area contributed by atoms with Crippen molar-refractivity contribution in [1.82, 2.24) is 4.72 Å². The summed E-state index contributed by atoms with van der Waals surface area (Å²) in [6.45, 7) is 5.05. The summed E-state index contributed by atoms with van der Waals surface area (Å²) in [6, 6.07) is 13.4. The lowest BCUT2D eigenvalue weighted by atomic mass is 9.68. The summed E-state index contributed by atoms with van der Waals surface area (Å²) >= 11 is 7.85. The van der Waals surface area contributed by atoms with Crippen molar-refractivity contribution in [2.75, 3.05) is 44.1 Å². The molecule has 8 rings (SSSR count). The van der Waals surface area contributed by atoms with Crippen molar-refractivity contribution in [3.63, 3.8) is 0 Å². The molecule has 1 N–H and O–H groups in total. The third-order valence-electron chi connectivity index (χ3n) is 11.6. The van der Waals surface area contributed by atoms with Crippen LogP contribution in [0.5, 0.6) is 5.75 Å². The number of carbonyl (C=O) groups excluding carboxylic acids is 2. The van der Waals surface area contributed by atoms with E-state index in [-0.39, 0.29) is 23.2 Å². The lowest BCUT2D eigenvalue weighted by Gasteiger charge is -2.46. The topological polar surface area (TPSA) is 107 Å². The molecule has 2 aromatic carbocycles. The number of ether oxygens (including phenoxy) is 3. The molecule has 1 saturated carbocycles. The van der Waals surface area contributed by atoms with E-state index in [4.69, 9.17) is 25.8 Å². The fraction of sp³-hybridized carbons (Fsp3) is 0.500. The van der Waals surface area contributed by atoms with Gasteiger partial charge in [-0.05, 0) is 109 Å². The number of fused-ring (bicyclic) bond motifs is 5. The van der Waals surface area contributed by atoms with Crippen LogP contribution in [0.1, 0.15) is 80.6 Å². The van der Waals surface area contributed by atoms with E-state index >= 15 is 0 Å². The zero-order valence-electron chi connectivity index (χ0n) is 29.7. The first-order valence-electron chi connectivity index (χ1n) is 18.4.